The number of aryl methyl sites for hydroxylation is 2. The lowest BCUT2D eigenvalue weighted by Gasteiger charge is -2.07. The molecule has 1 aromatic carbocycles. The standard InChI is InChI=1S/C18H26N2S/c1-5-6-16-17(12-19-13(2)3)21-18(20-16)11-15-9-7-14(4)8-10-15/h7-10,13,19H,5-6,11-12H2,1-4H3. The van der Waals surface area contributed by atoms with E-state index in [4.69, 9.17) is 4.98 Å². The summed E-state index contributed by atoms with van der Waals surface area (Å²) in [7, 11) is 0. The molecule has 0 aliphatic carbocycles. The molecule has 2 rings (SSSR count). The fraction of sp³-hybridized carbons (Fsp3) is 0.500. The Morgan fingerprint density at radius 2 is 1.90 bits per heavy atom. The van der Waals surface area contributed by atoms with Gasteiger partial charge in [0.25, 0.3) is 0 Å². The van der Waals surface area contributed by atoms with Crippen LogP contribution in [0.15, 0.2) is 24.3 Å². The van der Waals surface area contributed by atoms with Crippen molar-refractivity contribution in [2.24, 2.45) is 0 Å². The summed E-state index contributed by atoms with van der Waals surface area (Å²) in [4.78, 5) is 6.28. The molecule has 2 nitrogen and oxygen atoms in total. The molecule has 0 fully saturated rings. The summed E-state index contributed by atoms with van der Waals surface area (Å²) in [6.45, 7) is 9.67. The van der Waals surface area contributed by atoms with Crippen molar-refractivity contribution in [2.45, 2.75) is 59.5 Å². The maximum atomic E-state index is 4.87. The first-order valence-corrected chi connectivity index (χ1v) is 8.66. The van der Waals surface area contributed by atoms with Crippen LogP contribution in [-0.4, -0.2) is 11.0 Å². The van der Waals surface area contributed by atoms with E-state index in [0.29, 0.717) is 6.04 Å². The summed E-state index contributed by atoms with van der Waals surface area (Å²) < 4.78 is 0. The first kappa shape index (κ1) is 16.2. The van der Waals surface area contributed by atoms with Gasteiger partial charge in [-0.15, -0.1) is 11.3 Å². The molecule has 0 atom stereocenters. The Bertz CT molecular complexity index is 555. The van der Waals surface area contributed by atoms with Gasteiger partial charge in [0.1, 0.15) is 0 Å². The van der Waals surface area contributed by atoms with Gasteiger partial charge in [-0.25, -0.2) is 4.98 Å². The van der Waals surface area contributed by atoms with E-state index in [1.807, 2.05) is 11.3 Å². The average molecular weight is 302 g/mol. The molecule has 0 aliphatic heterocycles. The molecule has 1 heterocycles. The van der Waals surface area contributed by atoms with Crippen LogP contribution in [0.3, 0.4) is 0 Å². The lowest BCUT2D eigenvalue weighted by Crippen LogP contribution is -2.21. The molecule has 0 saturated carbocycles. The third-order valence-corrected chi connectivity index (χ3v) is 4.55. The second-order valence-electron chi connectivity index (χ2n) is 5.93. The third kappa shape index (κ3) is 4.94. The van der Waals surface area contributed by atoms with E-state index in [1.54, 1.807) is 0 Å². The highest BCUT2D eigenvalue weighted by molar-refractivity contribution is 7.11. The molecule has 21 heavy (non-hydrogen) atoms. The van der Waals surface area contributed by atoms with Crippen LogP contribution in [0.5, 0.6) is 0 Å². The van der Waals surface area contributed by atoms with Crippen molar-refractivity contribution in [1.82, 2.24) is 10.3 Å². The number of hydrogen-bond donors (Lipinski definition) is 1. The predicted molar refractivity (Wildman–Crippen MR) is 92.1 cm³/mol. The SMILES string of the molecule is CCCc1nc(Cc2ccc(C)cc2)sc1CNC(C)C. The lowest BCUT2D eigenvalue weighted by atomic mass is 10.1. The van der Waals surface area contributed by atoms with Gasteiger partial charge in [-0.2, -0.15) is 0 Å². The van der Waals surface area contributed by atoms with E-state index in [-0.39, 0.29) is 0 Å². The Morgan fingerprint density at radius 3 is 2.52 bits per heavy atom. The van der Waals surface area contributed by atoms with Crippen LogP contribution < -0.4 is 5.32 Å². The third-order valence-electron chi connectivity index (χ3n) is 3.46. The van der Waals surface area contributed by atoms with Gasteiger partial charge in [-0.1, -0.05) is 57.0 Å². The van der Waals surface area contributed by atoms with Gasteiger partial charge >= 0.3 is 0 Å². The topological polar surface area (TPSA) is 24.9 Å². The number of benzene rings is 1. The Balaban J connectivity index is 2.12. The van der Waals surface area contributed by atoms with E-state index in [0.717, 1.165) is 25.8 Å². The molecule has 0 bridgehead atoms. The summed E-state index contributed by atoms with van der Waals surface area (Å²) in [6.07, 6.45) is 3.19. The summed E-state index contributed by atoms with van der Waals surface area (Å²) in [6, 6.07) is 9.29. The predicted octanol–water partition coefficient (Wildman–Crippen LogP) is 4.49. The summed E-state index contributed by atoms with van der Waals surface area (Å²) >= 11 is 1.87. The van der Waals surface area contributed by atoms with E-state index >= 15 is 0 Å². The van der Waals surface area contributed by atoms with Crippen molar-refractivity contribution in [1.29, 1.82) is 0 Å². The Morgan fingerprint density at radius 1 is 1.19 bits per heavy atom. The molecule has 1 aromatic heterocycles. The second-order valence-corrected chi connectivity index (χ2v) is 7.09. The molecule has 0 radical (unpaired) electrons. The minimum Gasteiger partial charge on any atom is -0.310 e. The zero-order valence-corrected chi connectivity index (χ0v) is 14.4. The summed E-state index contributed by atoms with van der Waals surface area (Å²) in [5.41, 5.74) is 3.95. The van der Waals surface area contributed by atoms with E-state index < -0.39 is 0 Å². The normalized spacial score (nSPS) is 11.3. The smallest absolute Gasteiger partial charge is 0.0975 e. The molecule has 0 aliphatic rings. The van der Waals surface area contributed by atoms with Crippen LogP contribution in [0.2, 0.25) is 0 Å². The highest BCUT2D eigenvalue weighted by Gasteiger charge is 2.11. The fourth-order valence-electron chi connectivity index (χ4n) is 2.26. The molecule has 114 valence electrons. The maximum Gasteiger partial charge on any atom is 0.0975 e. The molecular formula is C18H26N2S. The fourth-order valence-corrected chi connectivity index (χ4v) is 3.36. The van der Waals surface area contributed by atoms with Gasteiger partial charge in [-0.05, 0) is 18.9 Å². The van der Waals surface area contributed by atoms with Crippen LogP contribution in [0.1, 0.15) is 53.9 Å². The average Bonchev–Trinajstić information content (AvgIpc) is 2.81. The van der Waals surface area contributed by atoms with Crippen LogP contribution in [0.25, 0.3) is 0 Å². The van der Waals surface area contributed by atoms with Crippen LogP contribution in [0.4, 0.5) is 0 Å². The van der Waals surface area contributed by atoms with Crippen LogP contribution in [0, 0.1) is 6.92 Å². The number of nitrogens with zero attached hydrogens (tertiary/aromatic N) is 1. The lowest BCUT2D eigenvalue weighted by molar-refractivity contribution is 0.589. The first-order valence-electron chi connectivity index (χ1n) is 7.85. The van der Waals surface area contributed by atoms with Crippen LogP contribution in [-0.2, 0) is 19.4 Å². The number of rotatable bonds is 7. The van der Waals surface area contributed by atoms with Crippen molar-refractivity contribution < 1.29 is 0 Å². The van der Waals surface area contributed by atoms with Crippen molar-refractivity contribution in [3.05, 3.63) is 51.0 Å². The summed E-state index contributed by atoms with van der Waals surface area (Å²) in [5.74, 6) is 0. The Hall–Kier alpha value is -1.19. The van der Waals surface area contributed by atoms with Crippen molar-refractivity contribution >= 4 is 11.3 Å². The molecule has 0 amide bonds. The quantitative estimate of drug-likeness (QED) is 0.815. The van der Waals surface area contributed by atoms with Crippen LogP contribution >= 0.6 is 11.3 Å². The van der Waals surface area contributed by atoms with E-state index in [1.165, 1.54) is 26.7 Å². The van der Waals surface area contributed by atoms with E-state index in [9.17, 15) is 0 Å². The molecule has 0 spiro atoms. The number of hydrogen-bond acceptors (Lipinski definition) is 3. The van der Waals surface area contributed by atoms with E-state index in [2.05, 4.69) is 57.3 Å². The Kier molecular flexibility index (Phi) is 5.95. The first-order chi connectivity index (χ1) is 10.1. The zero-order chi connectivity index (χ0) is 15.2. The minimum absolute atomic E-state index is 0.516. The largest absolute Gasteiger partial charge is 0.310 e. The molecule has 1 N–H and O–H groups in total. The number of thiazole rings is 1. The van der Waals surface area contributed by atoms with Gasteiger partial charge in [0.15, 0.2) is 0 Å². The number of nitrogens with one attached hydrogen (secondary N) is 1. The highest BCUT2D eigenvalue weighted by Crippen LogP contribution is 2.23. The molecule has 0 saturated heterocycles. The molecule has 0 unspecified atom stereocenters. The Labute approximate surface area is 132 Å². The van der Waals surface area contributed by atoms with Gasteiger partial charge in [-0.3, -0.25) is 0 Å². The van der Waals surface area contributed by atoms with Crippen molar-refractivity contribution in [3.8, 4) is 0 Å². The number of aromatic nitrogens is 1. The van der Waals surface area contributed by atoms with Gasteiger partial charge < -0.3 is 5.32 Å². The zero-order valence-electron chi connectivity index (χ0n) is 13.6. The maximum absolute atomic E-state index is 4.87. The van der Waals surface area contributed by atoms with Crippen molar-refractivity contribution in [2.75, 3.05) is 0 Å². The summed E-state index contributed by atoms with van der Waals surface area (Å²) in [5, 5.41) is 4.75. The molecular weight excluding hydrogens is 276 g/mol. The van der Waals surface area contributed by atoms with Gasteiger partial charge in [0.2, 0.25) is 0 Å². The second kappa shape index (κ2) is 7.71. The van der Waals surface area contributed by atoms with Gasteiger partial charge in [0.05, 0.1) is 10.7 Å². The van der Waals surface area contributed by atoms with Gasteiger partial charge in [0, 0.05) is 23.9 Å². The monoisotopic (exact) mass is 302 g/mol. The molecule has 2 aromatic rings. The molecule has 3 heteroatoms. The minimum atomic E-state index is 0.516. The highest BCUT2D eigenvalue weighted by atomic mass is 32.1. The van der Waals surface area contributed by atoms with Crippen molar-refractivity contribution in [3.63, 3.8) is 0 Å².